The first-order valence-electron chi connectivity index (χ1n) is 6.23. The van der Waals surface area contributed by atoms with Gasteiger partial charge in [0.2, 0.25) is 0 Å². The van der Waals surface area contributed by atoms with Gasteiger partial charge in [0.15, 0.2) is 0 Å². The van der Waals surface area contributed by atoms with E-state index in [-0.39, 0.29) is 0 Å². The third-order valence-electron chi connectivity index (χ3n) is 2.96. The summed E-state index contributed by atoms with van der Waals surface area (Å²) in [4.78, 5) is 0. The number of nitrogens with one attached hydrogen (secondary N) is 1. The summed E-state index contributed by atoms with van der Waals surface area (Å²) < 4.78 is 0. The highest BCUT2D eigenvalue weighted by atomic mass is 16.3. The molecule has 96 valence electrons. The van der Waals surface area contributed by atoms with Crippen LogP contribution in [0, 0.1) is 0 Å². The molecule has 2 aromatic carbocycles. The van der Waals surface area contributed by atoms with Crippen LogP contribution in [0.4, 0.5) is 0 Å². The minimum atomic E-state index is -0.560. The van der Waals surface area contributed by atoms with E-state index in [0.717, 1.165) is 16.3 Å². The highest BCUT2D eigenvalue weighted by molar-refractivity contribution is 5.85. The van der Waals surface area contributed by atoms with Gasteiger partial charge in [0.1, 0.15) is 0 Å². The molecule has 0 radical (unpaired) electrons. The predicted octanol–water partition coefficient (Wildman–Crippen LogP) is 1.84. The first kappa shape index (κ1) is 13.0. The number of hydrogen-bond acceptors (Lipinski definition) is 3. The summed E-state index contributed by atoms with van der Waals surface area (Å²) >= 11 is 0. The summed E-state index contributed by atoms with van der Waals surface area (Å²) in [5.74, 6) is 0. The second-order valence-electron chi connectivity index (χ2n) is 4.59. The second kappa shape index (κ2) is 5.96. The molecule has 0 aromatic heterocycles. The Morgan fingerprint density at radius 2 is 1.72 bits per heavy atom. The van der Waals surface area contributed by atoms with Crippen molar-refractivity contribution >= 4 is 10.8 Å². The number of benzene rings is 2. The van der Waals surface area contributed by atoms with Crippen LogP contribution in [0.2, 0.25) is 0 Å². The van der Waals surface area contributed by atoms with E-state index < -0.39 is 12.2 Å². The van der Waals surface area contributed by atoms with Gasteiger partial charge in [0, 0.05) is 13.1 Å². The van der Waals surface area contributed by atoms with E-state index in [2.05, 4.69) is 5.32 Å². The molecule has 0 aliphatic heterocycles. The van der Waals surface area contributed by atoms with Gasteiger partial charge in [-0.3, -0.25) is 0 Å². The van der Waals surface area contributed by atoms with Crippen LogP contribution in [0.5, 0.6) is 0 Å². The molecule has 18 heavy (non-hydrogen) atoms. The van der Waals surface area contributed by atoms with Gasteiger partial charge in [-0.15, -0.1) is 0 Å². The van der Waals surface area contributed by atoms with Crippen molar-refractivity contribution in [1.82, 2.24) is 5.32 Å². The molecule has 0 aliphatic rings. The number of rotatable bonds is 5. The fourth-order valence-electron chi connectivity index (χ4n) is 2.08. The van der Waals surface area contributed by atoms with E-state index in [1.807, 2.05) is 42.5 Å². The Hall–Kier alpha value is -1.42. The Balaban J connectivity index is 2.15. The van der Waals surface area contributed by atoms with E-state index in [4.69, 9.17) is 5.11 Å². The summed E-state index contributed by atoms with van der Waals surface area (Å²) in [7, 11) is 0. The van der Waals surface area contributed by atoms with Gasteiger partial charge in [0.25, 0.3) is 0 Å². The van der Waals surface area contributed by atoms with E-state index in [1.165, 1.54) is 0 Å². The summed E-state index contributed by atoms with van der Waals surface area (Å²) in [5, 5.41) is 24.6. The SMILES string of the molecule is C[C@H](O)CNC[C@H](O)c1cccc2ccccc12. The number of aliphatic hydroxyl groups excluding tert-OH is 2. The summed E-state index contributed by atoms with van der Waals surface area (Å²) in [6, 6.07) is 13.9. The standard InChI is InChI=1S/C15H19NO2/c1-11(17)9-16-10-15(18)14-8-4-6-12-5-2-3-7-13(12)14/h2-8,11,15-18H,9-10H2,1H3/t11-,15-/m0/s1. The molecule has 2 atom stereocenters. The normalized spacial score (nSPS) is 14.6. The molecule has 0 fully saturated rings. The van der Waals surface area contributed by atoms with Crippen molar-refractivity contribution in [2.24, 2.45) is 0 Å². The van der Waals surface area contributed by atoms with Crippen LogP contribution >= 0.6 is 0 Å². The highest BCUT2D eigenvalue weighted by Crippen LogP contribution is 2.23. The first-order valence-corrected chi connectivity index (χ1v) is 6.23. The van der Waals surface area contributed by atoms with E-state index in [9.17, 15) is 5.11 Å². The Labute approximate surface area is 107 Å². The Morgan fingerprint density at radius 3 is 2.50 bits per heavy atom. The van der Waals surface area contributed by atoms with Gasteiger partial charge in [0.05, 0.1) is 12.2 Å². The highest BCUT2D eigenvalue weighted by Gasteiger charge is 2.10. The van der Waals surface area contributed by atoms with Gasteiger partial charge in [-0.05, 0) is 23.3 Å². The summed E-state index contributed by atoms with van der Waals surface area (Å²) in [6.07, 6.45) is -0.959. The molecule has 3 heteroatoms. The van der Waals surface area contributed by atoms with Crippen molar-refractivity contribution in [1.29, 1.82) is 0 Å². The van der Waals surface area contributed by atoms with E-state index >= 15 is 0 Å². The molecular weight excluding hydrogens is 226 g/mol. The molecule has 0 amide bonds. The number of fused-ring (bicyclic) bond motifs is 1. The van der Waals surface area contributed by atoms with Crippen LogP contribution in [0.1, 0.15) is 18.6 Å². The lowest BCUT2D eigenvalue weighted by molar-refractivity contribution is 0.156. The van der Waals surface area contributed by atoms with Gasteiger partial charge >= 0.3 is 0 Å². The van der Waals surface area contributed by atoms with E-state index in [0.29, 0.717) is 13.1 Å². The van der Waals surface area contributed by atoms with E-state index in [1.54, 1.807) is 6.92 Å². The molecule has 0 bridgehead atoms. The quantitative estimate of drug-likeness (QED) is 0.753. The molecule has 2 aromatic rings. The third kappa shape index (κ3) is 3.07. The maximum absolute atomic E-state index is 10.2. The Kier molecular flexibility index (Phi) is 4.31. The molecule has 0 saturated heterocycles. The largest absolute Gasteiger partial charge is 0.392 e. The second-order valence-corrected chi connectivity index (χ2v) is 4.59. The lowest BCUT2D eigenvalue weighted by Gasteiger charge is -2.15. The van der Waals surface area contributed by atoms with Crippen LogP contribution in [-0.4, -0.2) is 29.4 Å². The molecule has 0 aliphatic carbocycles. The van der Waals surface area contributed by atoms with Crippen LogP contribution in [-0.2, 0) is 0 Å². The fourth-order valence-corrected chi connectivity index (χ4v) is 2.08. The zero-order valence-corrected chi connectivity index (χ0v) is 10.5. The molecule has 0 spiro atoms. The maximum atomic E-state index is 10.2. The van der Waals surface area contributed by atoms with Crippen molar-refractivity contribution in [3.8, 4) is 0 Å². The first-order chi connectivity index (χ1) is 8.68. The Morgan fingerprint density at radius 1 is 1.00 bits per heavy atom. The van der Waals surface area contributed by atoms with Gasteiger partial charge in [-0.25, -0.2) is 0 Å². The minimum absolute atomic E-state index is 0.398. The zero-order chi connectivity index (χ0) is 13.0. The maximum Gasteiger partial charge on any atom is 0.0920 e. The van der Waals surface area contributed by atoms with Crippen molar-refractivity contribution in [2.75, 3.05) is 13.1 Å². The lowest BCUT2D eigenvalue weighted by Crippen LogP contribution is -2.28. The fraction of sp³-hybridized carbons (Fsp3) is 0.333. The van der Waals surface area contributed by atoms with Crippen LogP contribution < -0.4 is 5.32 Å². The predicted molar refractivity (Wildman–Crippen MR) is 73.5 cm³/mol. The van der Waals surface area contributed by atoms with Crippen molar-refractivity contribution in [2.45, 2.75) is 19.1 Å². The zero-order valence-electron chi connectivity index (χ0n) is 10.5. The van der Waals surface area contributed by atoms with Crippen LogP contribution in [0.25, 0.3) is 10.8 Å². The molecule has 0 saturated carbocycles. The smallest absolute Gasteiger partial charge is 0.0920 e. The minimum Gasteiger partial charge on any atom is -0.392 e. The molecule has 0 heterocycles. The van der Waals surface area contributed by atoms with Crippen molar-refractivity contribution in [3.05, 3.63) is 48.0 Å². The topological polar surface area (TPSA) is 52.5 Å². The monoisotopic (exact) mass is 245 g/mol. The van der Waals surface area contributed by atoms with Crippen molar-refractivity contribution < 1.29 is 10.2 Å². The molecule has 2 rings (SSSR count). The number of hydrogen-bond donors (Lipinski definition) is 3. The average Bonchev–Trinajstić information content (AvgIpc) is 2.37. The molecule has 0 unspecified atom stereocenters. The van der Waals surface area contributed by atoms with Gasteiger partial charge in [-0.1, -0.05) is 42.5 Å². The van der Waals surface area contributed by atoms with Gasteiger partial charge in [-0.2, -0.15) is 0 Å². The molecular formula is C15H19NO2. The molecule has 3 nitrogen and oxygen atoms in total. The van der Waals surface area contributed by atoms with Gasteiger partial charge < -0.3 is 15.5 Å². The number of aliphatic hydroxyl groups is 2. The lowest BCUT2D eigenvalue weighted by atomic mass is 10.0. The van der Waals surface area contributed by atoms with Crippen molar-refractivity contribution in [3.63, 3.8) is 0 Å². The molecule has 3 N–H and O–H groups in total. The summed E-state index contributed by atoms with van der Waals surface area (Å²) in [5.41, 5.74) is 0.922. The van der Waals surface area contributed by atoms with Crippen LogP contribution in [0.3, 0.4) is 0 Å². The Bertz CT molecular complexity index is 505. The average molecular weight is 245 g/mol. The third-order valence-corrected chi connectivity index (χ3v) is 2.96. The van der Waals surface area contributed by atoms with Crippen LogP contribution in [0.15, 0.2) is 42.5 Å². The summed E-state index contributed by atoms with van der Waals surface area (Å²) in [6.45, 7) is 2.65.